The monoisotopic (exact) mass is 518 g/mol. The van der Waals surface area contributed by atoms with Crippen molar-refractivity contribution in [2.45, 2.75) is 51.4 Å². The summed E-state index contributed by atoms with van der Waals surface area (Å²) in [5, 5.41) is 41.6. The zero-order valence-electron chi connectivity index (χ0n) is 21.3. The van der Waals surface area contributed by atoms with Gasteiger partial charge in [0.25, 0.3) is 5.91 Å². The van der Waals surface area contributed by atoms with Crippen molar-refractivity contribution in [3.05, 3.63) is 59.1 Å². The topological polar surface area (TPSA) is 188 Å². The van der Waals surface area contributed by atoms with Gasteiger partial charge in [0.15, 0.2) is 11.9 Å². The summed E-state index contributed by atoms with van der Waals surface area (Å²) in [6.45, 7) is 6.89. The fraction of sp³-hybridized carbons (Fsp3) is 0.385. The summed E-state index contributed by atoms with van der Waals surface area (Å²) < 4.78 is 5.32. The Labute approximate surface area is 215 Å². The van der Waals surface area contributed by atoms with E-state index in [0.29, 0.717) is 12.5 Å². The molecule has 0 saturated carbocycles. The largest absolute Gasteiger partial charge is 0.510 e. The SMILES string of the molecule is C=Cc1cccc(O)c1C(=O)/C=C(\O)[C@H](O)C(=O)/C(C(N)=O)=C(/O)[C@H](C[C@H](CC)OC(=O)CC)N(C)C. The first-order valence-corrected chi connectivity index (χ1v) is 11.5. The molecule has 0 aliphatic heterocycles. The highest BCUT2D eigenvalue weighted by Gasteiger charge is 2.34. The van der Waals surface area contributed by atoms with Gasteiger partial charge in [0.2, 0.25) is 5.78 Å². The third-order valence-electron chi connectivity index (χ3n) is 5.56. The standard InChI is InChI=1S/C26H34N2O9/c1-6-14-10-9-11-17(29)21(14)18(30)13-19(31)24(34)25(35)22(26(27)36)23(33)16(28(4)5)12-15(7-2)37-20(32)8-3/h6,9-11,13,15-16,24,29,31,33-34H,1,7-8,12H2,2-5H3,(H2,27,36)/b19-13-,23-22-/t15-,16-,24-/m0/s1. The lowest BCUT2D eigenvalue weighted by molar-refractivity contribution is -0.149. The molecule has 0 heterocycles. The molecule has 0 fully saturated rings. The average molecular weight is 519 g/mol. The van der Waals surface area contributed by atoms with Crippen LogP contribution in [0.1, 0.15) is 49.0 Å². The molecule has 1 aromatic rings. The Morgan fingerprint density at radius 1 is 1.16 bits per heavy atom. The van der Waals surface area contributed by atoms with Crippen molar-refractivity contribution in [2.24, 2.45) is 5.73 Å². The van der Waals surface area contributed by atoms with Crippen LogP contribution in [0.4, 0.5) is 0 Å². The maximum Gasteiger partial charge on any atom is 0.305 e. The minimum Gasteiger partial charge on any atom is -0.510 e. The third-order valence-corrected chi connectivity index (χ3v) is 5.56. The van der Waals surface area contributed by atoms with Crippen LogP contribution in [-0.4, -0.2) is 81.1 Å². The second kappa shape index (κ2) is 14.0. The maximum absolute atomic E-state index is 12.9. The van der Waals surface area contributed by atoms with Crippen molar-refractivity contribution in [1.29, 1.82) is 0 Å². The summed E-state index contributed by atoms with van der Waals surface area (Å²) in [4.78, 5) is 50.9. The molecule has 202 valence electrons. The number of allylic oxidation sites excluding steroid dienone is 1. The lowest BCUT2D eigenvalue weighted by Gasteiger charge is -2.28. The summed E-state index contributed by atoms with van der Waals surface area (Å²) in [7, 11) is 3.07. The van der Waals surface area contributed by atoms with Gasteiger partial charge in [-0.2, -0.15) is 0 Å². The van der Waals surface area contributed by atoms with E-state index in [0.717, 1.165) is 0 Å². The number of carbonyl (C=O) groups is 4. The van der Waals surface area contributed by atoms with Gasteiger partial charge in [-0.25, -0.2) is 0 Å². The van der Waals surface area contributed by atoms with E-state index in [4.69, 9.17) is 10.5 Å². The van der Waals surface area contributed by atoms with Crippen LogP contribution in [0.2, 0.25) is 0 Å². The van der Waals surface area contributed by atoms with E-state index in [9.17, 15) is 39.6 Å². The van der Waals surface area contributed by atoms with E-state index in [1.807, 2.05) is 0 Å². The smallest absolute Gasteiger partial charge is 0.305 e. The van der Waals surface area contributed by atoms with Crippen molar-refractivity contribution in [1.82, 2.24) is 4.90 Å². The Kier molecular flexibility index (Phi) is 11.7. The van der Waals surface area contributed by atoms with Gasteiger partial charge in [-0.3, -0.25) is 24.1 Å². The number of nitrogens with zero attached hydrogens (tertiary/aromatic N) is 1. The van der Waals surface area contributed by atoms with E-state index < -0.39 is 64.5 Å². The number of carbonyl (C=O) groups excluding carboxylic acids is 4. The molecule has 0 bridgehead atoms. The zero-order valence-corrected chi connectivity index (χ0v) is 21.3. The number of hydrogen-bond acceptors (Lipinski definition) is 10. The second-order valence-corrected chi connectivity index (χ2v) is 8.36. The second-order valence-electron chi connectivity index (χ2n) is 8.36. The van der Waals surface area contributed by atoms with Crippen molar-refractivity contribution >= 4 is 29.5 Å². The minimum absolute atomic E-state index is 0.0147. The predicted octanol–water partition coefficient (Wildman–Crippen LogP) is 1.94. The number of amides is 1. The van der Waals surface area contributed by atoms with Gasteiger partial charge < -0.3 is 30.9 Å². The molecule has 0 radical (unpaired) electrons. The number of ketones is 2. The number of benzene rings is 1. The Morgan fingerprint density at radius 3 is 2.27 bits per heavy atom. The summed E-state index contributed by atoms with van der Waals surface area (Å²) in [5.41, 5.74) is 4.32. The zero-order chi connectivity index (χ0) is 28.4. The lowest BCUT2D eigenvalue weighted by Crippen LogP contribution is -2.39. The van der Waals surface area contributed by atoms with E-state index in [1.165, 1.54) is 43.3 Å². The number of primary amides is 1. The number of phenolic OH excluding ortho intramolecular Hbond substituents is 1. The number of aliphatic hydroxyl groups is 3. The number of esters is 1. The van der Waals surface area contributed by atoms with Gasteiger partial charge in [-0.1, -0.05) is 38.6 Å². The van der Waals surface area contributed by atoms with Crippen LogP contribution in [0.15, 0.2) is 47.9 Å². The number of likely N-dealkylation sites (N-methyl/N-ethyl adjacent to an activating group) is 1. The molecule has 1 rings (SSSR count). The Morgan fingerprint density at radius 2 is 1.78 bits per heavy atom. The molecular weight excluding hydrogens is 484 g/mol. The molecule has 0 unspecified atom stereocenters. The summed E-state index contributed by atoms with van der Waals surface area (Å²) in [6, 6.07) is 3.13. The molecule has 0 spiro atoms. The van der Waals surface area contributed by atoms with Gasteiger partial charge in [0.1, 0.15) is 28.9 Å². The third kappa shape index (κ3) is 8.02. The highest BCUT2D eigenvalue weighted by molar-refractivity contribution is 6.21. The highest BCUT2D eigenvalue weighted by atomic mass is 16.5. The van der Waals surface area contributed by atoms with Gasteiger partial charge in [0, 0.05) is 18.9 Å². The van der Waals surface area contributed by atoms with E-state index >= 15 is 0 Å². The number of aliphatic hydroxyl groups excluding tert-OH is 3. The van der Waals surface area contributed by atoms with Gasteiger partial charge in [0.05, 0.1) is 11.6 Å². The van der Waals surface area contributed by atoms with Crippen LogP contribution in [0.5, 0.6) is 5.75 Å². The van der Waals surface area contributed by atoms with Crippen molar-refractivity contribution < 1.29 is 44.3 Å². The number of hydrogen-bond donors (Lipinski definition) is 5. The number of aromatic hydroxyl groups is 1. The minimum atomic E-state index is -2.44. The van der Waals surface area contributed by atoms with Crippen LogP contribution >= 0.6 is 0 Å². The number of Topliss-reactive ketones (excluding diaryl/α,β-unsaturated/α-hetero) is 1. The van der Waals surface area contributed by atoms with Crippen LogP contribution < -0.4 is 5.73 Å². The Hall–Kier alpha value is -3.96. The van der Waals surface area contributed by atoms with Crippen molar-refractivity contribution in [2.75, 3.05) is 14.1 Å². The fourth-order valence-electron chi connectivity index (χ4n) is 3.48. The van der Waals surface area contributed by atoms with Gasteiger partial charge in [-0.15, -0.1) is 0 Å². The normalized spacial score (nSPS) is 14.8. The molecule has 1 aromatic carbocycles. The number of phenols is 1. The molecule has 0 aliphatic rings. The first-order valence-electron chi connectivity index (χ1n) is 11.5. The first kappa shape index (κ1) is 31.1. The molecule has 3 atom stereocenters. The van der Waals surface area contributed by atoms with Crippen molar-refractivity contribution in [3.8, 4) is 5.75 Å². The molecule has 6 N–H and O–H groups in total. The Bertz CT molecular complexity index is 1110. The molecular formula is C26H34N2O9. The highest BCUT2D eigenvalue weighted by Crippen LogP contribution is 2.25. The summed E-state index contributed by atoms with van der Waals surface area (Å²) in [6.07, 6.45) is -0.833. The first-order chi connectivity index (χ1) is 17.3. The van der Waals surface area contributed by atoms with Crippen LogP contribution in [0.3, 0.4) is 0 Å². The van der Waals surface area contributed by atoms with E-state index in [2.05, 4.69) is 6.58 Å². The molecule has 0 saturated heterocycles. The van der Waals surface area contributed by atoms with Crippen LogP contribution in [-0.2, 0) is 19.1 Å². The summed E-state index contributed by atoms with van der Waals surface area (Å²) >= 11 is 0. The number of ether oxygens (including phenoxy) is 1. The fourth-order valence-corrected chi connectivity index (χ4v) is 3.48. The lowest BCUT2D eigenvalue weighted by atomic mass is 9.95. The number of nitrogens with two attached hydrogens (primary N) is 1. The van der Waals surface area contributed by atoms with Crippen molar-refractivity contribution in [3.63, 3.8) is 0 Å². The molecule has 1 amide bonds. The molecule has 37 heavy (non-hydrogen) atoms. The molecule has 0 aliphatic carbocycles. The average Bonchev–Trinajstić information content (AvgIpc) is 2.84. The molecule has 0 aromatic heterocycles. The van der Waals surface area contributed by atoms with Gasteiger partial charge >= 0.3 is 5.97 Å². The molecule has 11 nitrogen and oxygen atoms in total. The quantitative estimate of drug-likeness (QED) is 0.0608. The van der Waals surface area contributed by atoms with Crippen LogP contribution in [0.25, 0.3) is 6.08 Å². The van der Waals surface area contributed by atoms with Gasteiger partial charge in [-0.05, 0) is 32.1 Å². The molecule has 11 heteroatoms. The number of rotatable bonds is 14. The predicted molar refractivity (Wildman–Crippen MR) is 136 cm³/mol. The maximum atomic E-state index is 12.9. The van der Waals surface area contributed by atoms with Crippen LogP contribution in [0, 0.1) is 0 Å². The summed E-state index contributed by atoms with van der Waals surface area (Å²) in [5.74, 6) is -6.66. The van der Waals surface area contributed by atoms with E-state index in [-0.39, 0.29) is 24.0 Å². The van der Waals surface area contributed by atoms with E-state index in [1.54, 1.807) is 13.8 Å². The Balaban J connectivity index is 3.39.